The highest BCUT2D eigenvalue weighted by atomic mass is 32.2. The fourth-order valence-electron chi connectivity index (χ4n) is 2.48. The molecule has 0 heterocycles. The van der Waals surface area contributed by atoms with Crippen molar-refractivity contribution >= 4 is 29.1 Å². The number of aromatic carboxylic acids is 1. The summed E-state index contributed by atoms with van der Waals surface area (Å²) in [6, 6.07) is 2.58. The van der Waals surface area contributed by atoms with Crippen molar-refractivity contribution in [3.63, 3.8) is 0 Å². The predicted octanol–water partition coefficient (Wildman–Crippen LogP) is 3.30. The number of carboxylic acid groups (broad SMARTS) is 1. The van der Waals surface area contributed by atoms with E-state index < -0.39 is 10.9 Å². The van der Waals surface area contributed by atoms with Gasteiger partial charge in [0.05, 0.1) is 10.5 Å². The van der Waals surface area contributed by atoms with Crippen LogP contribution >= 0.6 is 11.8 Å². The minimum atomic E-state index is -1.16. The van der Waals surface area contributed by atoms with Crippen molar-refractivity contribution in [1.82, 2.24) is 0 Å². The van der Waals surface area contributed by atoms with E-state index in [2.05, 4.69) is 11.6 Å². The molecule has 0 amide bonds. The van der Waals surface area contributed by atoms with Crippen LogP contribution in [0.3, 0.4) is 0 Å². The Balaban J connectivity index is 2.29. The molecule has 6 nitrogen and oxygen atoms in total. The van der Waals surface area contributed by atoms with Crippen LogP contribution in [0.15, 0.2) is 12.1 Å². The summed E-state index contributed by atoms with van der Waals surface area (Å²) in [6.45, 7) is 2.33. The second-order valence-corrected chi connectivity index (χ2v) is 6.60. The monoisotopic (exact) mass is 310 g/mol. The van der Waals surface area contributed by atoms with E-state index in [0.717, 1.165) is 18.9 Å². The van der Waals surface area contributed by atoms with E-state index in [0.29, 0.717) is 17.8 Å². The maximum atomic E-state index is 11.1. The highest BCUT2D eigenvalue weighted by Crippen LogP contribution is 2.43. The molecule has 0 radical (unpaired) electrons. The topological polar surface area (TPSA) is 92.5 Å². The third-order valence-corrected chi connectivity index (χ3v) is 5.54. The first-order chi connectivity index (χ1) is 9.88. The van der Waals surface area contributed by atoms with Gasteiger partial charge in [0, 0.05) is 28.6 Å². The third-order valence-electron chi connectivity index (χ3n) is 4.12. The number of benzene rings is 1. The summed E-state index contributed by atoms with van der Waals surface area (Å²) in [5, 5.41) is 23.3. The van der Waals surface area contributed by atoms with Gasteiger partial charge in [0.15, 0.2) is 0 Å². The molecule has 0 aliphatic heterocycles. The van der Waals surface area contributed by atoms with Gasteiger partial charge in [0.1, 0.15) is 0 Å². The van der Waals surface area contributed by atoms with E-state index >= 15 is 0 Å². The summed E-state index contributed by atoms with van der Waals surface area (Å²) in [4.78, 5) is 21.6. The molecular formula is C14H18N2O4S. The Morgan fingerprint density at radius 1 is 1.52 bits per heavy atom. The molecule has 114 valence electrons. The van der Waals surface area contributed by atoms with Crippen LogP contribution in [-0.4, -0.2) is 33.5 Å². The molecule has 0 saturated heterocycles. The fourth-order valence-corrected chi connectivity index (χ4v) is 3.39. The quantitative estimate of drug-likeness (QED) is 0.618. The number of carboxylic acids is 1. The Morgan fingerprint density at radius 3 is 2.62 bits per heavy atom. The van der Waals surface area contributed by atoms with Crippen molar-refractivity contribution < 1.29 is 14.8 Å². The Morgan fingerprint density at radius 2 is 2.19 bits per heavy atom. The first kappa shape index (κ1) is 15.6. The maximum Gasteiger partial charge on any atom is 0.336 e. The number of nitrogens with one attached hydrogen (secondary N) is 1. The molecule has 7 heteroatoms. The van der Waals surface area contributed by atoms with Gasteiger partial charge in [-0.3, -0.25) is 10.1 Å². The number of hydrogen-bond acceptors (Lipinski definition) is 5. The van der Waals surface area contributed by atoms with Crippen LogP contribution in [0.2, 0.25) is 0 Å². The van der Waals surface area contributed by atoms with Crippen LogP contribution in [0.25, 0.3) is 0 Å². The van der Waals surface area contributed by atoms with Gasteiger partial charge >= 0.3 is 5.97 Å². The number of thioether (sulfide) groups is 1. The number of nitrogens with zero attached hydrogens (tertiary/aromatic N) is 1. The van der Waals surface area contributed by atoms with Crippen molar-refractivity contribution in [3.05, 3.63) is 33.4 Å². The Bertz CT molecular complexity index is 579. The number of anilines is 1. The predicted molar refractivity (Wildman–Crippen MR) is 83.4 cm³/mol. The summed E-state index contributed by atoms with van der Waals surface area (Å²) < 4.78 is 0.167. The zero-order valence-electron chi connectivity index (χ0n) is 12.0. The molecule has 0 spiro atoms. The SMILES string of the molecule is CSC1(CNc2cc(C(=O)O)cc([N+](=O)[O-])c2C)CCC1. The van der Waals surface area contributed by atoms with Gasteiger partial charge in [-0.2, -0.15) is 11.8 Å². The van der Waals surface area contributed by atoms with Crippen molar-refractivity contribution in [3.8, 4) is 0 Å². The molecule has 1 saturated carbocycles. The summed E-state index contributed by atoms with van der Waals surface area (Å²) >= 11 is 1.79. The van der Waals surface area contributed by atoms with Gasteiger partial charge < -0.3 is 10.4 Å². The average Bonchev–Trinajstić information content (AvgIpc) is 2.38. The van der Waals surface area contributed by atoms with E-state index in [1.807, 2.05) is 0 Å². The van der Waals surface area contributed by atoms with Crippen LogP contribution in [0.5, 0.6) is 0 Å². The molecule has 1 aliphatic carbocycles. The highest BCUT2D eigenvalue weighted by molar-refractivity contribution is 8.00. The lowest BCUT2D eigenvalue weighted by molar-refractivity contribution is -0.385. The summed E-state index contributed by atoms with van der Waals surface area (Å²) in [5.74, 6) is -1.16. The van der Waals surface area contributed by atoms with Gasteiger partial charge in [-0.1, -0.05) is 6.42 Å². The molecule has 2 rings (SSSR count). The van der Waals surface area contributed by atoms with Crippen molar-refractivity contribution in [2.24, 2.45) is 0 Å². The first-order valence-corrected chi connectivity index (χ1v) is 7.92. The van der Waals surface area contributed by atoms with E-state index in [9.17, 15) is 14.9 Å². The number of nitro benzene ring substituents is 1. The van der Waals surface area contributed by atoms with Gasteiger partial charge in [0.25, 0.3) is 5.69 Å². The highest BCUT2D eigenvalue weighted by Gasteiger charge is 2.36. The minimum absolute atomic E-state index is 0.0680. The normalized spacial score (nSPS) is 16.1. The van der Waals surface area contributed by atoms with Crippen molar-refractivity contribution in [2.45, 2.75) is 30.9 Å². The standard InChI is InChI=1S/C14H18N2O4S/c1-9-11(15-8-14(21-2)4-3-5-14)6-10(13(17)18)7-12(9)16(19)20/h6-7,15H,3-5,8H2,1-2H3,(H,17,18). The Kier molecular flexibility index (Phi) is 4.41. The first-order valence-electron chi connectivity index (χ1n) is 6.70. The van der Waals surface area contributed by atoms with E-state index in [1.165, 1.54) is 12.5 Å². The molecule has 1 fully saturated rings. The minimum Gasteiger partial charge on any atom is -0.478 e. The van der Waals surface area contributed by atoms with E-state index in [-0.39, 0.29) is 16.0 Å². The van der Waals surface area contributed by atoms with Gasteiger partial charge in [-0.05, 0) is 32.1 Å². The van der Waals surface area contributed by atoms with Gasteiger partial charge in [0.2, 0.25) is 0 Å². The molecular weight excluding hydrogens is 292 g/mol. The molecule has 21 heavy (non-hydrogen) atoms. The molecule has 0 bridgehead atoms. The summed E-state index contributed by atoms with van der Waals surface area (Å²) in [7, 11) is 0. The molecule has 0 atom stereocenters. The van der Waals surface area contributed by atoms with E-state index in [4.69, 9.17) is 5.11 Å². The number of rotatable bonds is 6. The van der Waals surface area contributed by atoms with Crippen LogP contribution in [-0.2, 0) is 0 Å². The zero-order valence-corrected chi connectivity index (χ0v) is 12.8. The summed E-state index contributed by atoms with van der Waals surface area (Å²) in [6.07, 6.45) is 5.47. The second kappa shape index (κ2) is 5.93. The van der Waals surface area contributed by atoms with Crippen molar-refractivity contribution in [1.29, 1.82) is 0 Å². The van der Waals surface area contributed by atoms with Crippen LogP contribution in [0.1, 0.15) is 35.2 Å². The molecule has 0 unspecified atom stereocenters. The van der Waals surface area contributed by atoms with Crippen molar-refractivity contribution in [2.75, 3.05) is 18.1 Å². The Hall–Kier alpha value is -1.76. The third kappa shape index (κ3) is 3.12. The second-order valence-electron chi connectivity index (χ2n) is 5.32. The number of nitro groups is 1. The van der Waals surface area contributed by atoms with Gasteiger partial charge in [-0.15, -0.1) is 0 Å². The molecule has 2 N–H and O–H groups in total. The smallest absolute Gasteiger partial charge is 0.336 e. The van der Waals surface area contributed by atoms with E-state index in [1.54, 1.807) is 18.7 Å². The lowest BCUT2D eigenvalue weighted by Gasteiger charge is -2.40. The number of carbonyl (C=O) groups is 1. The fraction of sp³-hybridized carbons (Fsp3) is 0.500. The lowest BCUT2D eigenvalue weighted by Crippen LogP contribution is -2.40. The zero-order chi connectivity index (χ0) is 15.6. The largest absolute Gasteiger partial charge is 0.478 e. The average molecular weight is 310 g/mol. The Labute approximate surface area is 127 Å². The van der Waals surface area contributed by atoms with Crippen LogP contribution in [0, 0.1) is 17.0 Å². The summed E-state index contributed by atoms with van der Waals surface area (Å²) in [5.41, 5.74) is 0.772. The molecule has 0 aromatic heterocycles. The van der Waals surface area contributed by atoms with Crippen LogP contribution in [0.4, 0.5) is 11.4 Å². The van der Waals surface area contributed by atoms with Crippen LogP contribution < -0.4 is 5.32 Å². The lowest BCUT2D eigenvalue weighted by atomic mass is 9.84. The molecule has 1 aromatic carbocycles. The number of hydrogen-bond donors (Lipinski definition) is 2. The molecule has 1 aromatic rings. The molecule has 1 aliphatic rings. The van der Waals surface area contributed by atoms with Gasteiger partial charge in [-0.25, -0.2) is 4.79 Å². The maximum absolute atomic E-state index is 11.1.